The number of carbonyl (C=O) groups is 1. The number of ether oxygens (including phenoxy) is 2. The predicted molar refractivity (Wildman–Crippen MR) is 81.0 cm³/mol. The maximum Gasteiger partial charge on any atom is 0.321 e. The first-order chi connectivity index (χ1) is 9.71. The van der Waals surface area contributed by atoms with E-state index < -0.39 is 0 Å². The van der Waals surface area contributed by atoms with E-state index in [0.29, 0.717) is 17.5 Å². The zero-order valence-electron chi connectivity index (χ0n) is 11.1. The van der Waals surface area contributed by atoms with Crippen molar-refractivity contribution in [2.75, 3.05) is 37.6 Å². The largest absolute Gasteiger partial charge is 0.481 e. The van der Waals surface area contributed by atoms with Gasteiger partial charge in [-0.3, -0.25) is 9.79 Å². The van der Waals surface area contributed by atoms with E-state index >= 15 is 0 Å². The molecule has 0 aromatic carbocycles. The summed E-state index contributed by atoms with van der Waals surface area (Å²) in [7, 11) is 2.93. The summed E-state index contributed by atoms with van der Waals surface area (Å²) >= 11 is 3.10. The highest BCUT2D eigenvalue weighted by Crippen LogP contribution is 2.22. The Bertz CT molecular complexity index is 502. The zero-order valence-corrected chi connectivity index (χ0v) is 12.7. The molecule has 20 heavy (non-hydrogen) atoms. The van der Waals surface area contributed by atoms with Gasteiger partial charge in [0.25, 0.3) is 0 Å². The molecule has 1 amide bonds. The van der Waals surface area contributed by atoms with E-state index in [1.54, 1.807) is 11.8 Å². The lowest BCUT2D eigenvalue weighted by molar-refractivity contribution is -0.113. The van der Waals surface area contributed by atoms with Crippen molar-refractivity contribution in [3.63, 3.8) is 0 Å². The molecule has 0 saturated heterocycles. The van der Waals surface area contributed by atoms with Crippen LogP contribution in [0.3, 0.4) is 0 Å². The van der Waals surface area contributed by atoms with Crippen molar-refractivity contribution in [2.24, 2.45) is 4.99 Å². The third-order valence-electron chi connectivity index (χ3n) is 2.23. The molecule has 7 nitrogen and oxygen atoms in total. The molecule has 2 heterocycles. The van der Waals surface area contributed by atoms with Gasteiger partial charge in [0, 0.05) is 11.8 Å². The van der Waals surface area contributed by atoms with Gasteiger partial charge < -0.3 is 14.8 Å². The molecule has 0 radical (unpaired) electrons. The van der Waals surface area contributed by atoms with Gasteiger partial charge in [0.05, 0.1) is 26.5 Å². The number of methoxy groups -OCH3 is 2. The lowest BCUT2D eigenvalue weighted by atomic mass is 10.5. The van der Waals surface area contributed by atoms with Gasteiger partial charge >= 0.3 is 6.01 Å². The van der Waals surface area contributed by atoms with E-state index in [4.69, 9.17) is 9.47 Å². The summed E-state index contributed by atoms with van der Waals surface area (Å²) in [6.45, 7) is 0.828. The maximum atomic E-state index is 11.8. The molecule has 1 N–H and O–H groups in total. The Labute approximate surface area is 124 Å². The Morgan fingerprint density at radius 1 is 1.45 bits per heavy atom. The van der Waals surface area contributed by atoms with Crippen LogP contribution >= 0.6 is 23.5 Å². The van der Waals surface area contributed by atoms with Crippen molar-refractivity contribution in [1.82, 2.24) is 9.97 Å². The Morgan fingerprint density at radius 3 is 2.95 bits per heavy atom. The highest BCUT2D eigenvalue weighted by Gasteiger charge is 2.12. The van der Waals surface area contributed by atoms with Gasteiger partial charge in [0.15, 0.2) is 0 Å². The molecule has 0 aliphatic carbocycles. The van der Waals surface area contributed by atoms with Gasteiger partial charge in [-0.05, 0) is 0 Å². The van der Waals surface area contributed by atoms with Crippen molar-refractivity contribution in [2.45, 2.75) is 0 Å². The van der Waals surface area contributed by atoms with Gasteiger partial charge in [0.1, 0.15) is 10.2 Å². The summed E-state index contributed by atoms with van der Waals surface area (Å²) in [4.78, 5) is 24.1. The van der Waals surface area contributed by atoms with Crippen LogP contribution in [0.4, 0.5) is 5.82 Å². The number of nitrogens with one attached hydrogen (secondary N) is 1. The quantitative estimate of drug-likeness (QED) is 0.876. The lowest BCUT2D eigenvalue weighted by Gasteiger charge is -2.07. The Hall–Kier alpha value is -1.48. The summed E-state index contributed by atoms with van der Waals surface area (Å²) in [6, 6.07) is 1.68. The molecule has 108 valence electrons. The summed E-state index contributed by atoms with van der Waals surface area (Å²) in [5.41, 5.74) is 0. The fourth-order valence-corrected chi connectivity index (χ4v) is 3.18. The van der Waals surface area contributed by atoms with Crippen LogP contribution < -0.4 is 14.8 Å². The Balaban J connectivity index is 1.92. The summed E-state index contributed by atoms with van der Waals surface area (Å²) in [5, 5.41) is 2.68. The molecule has 0 fully saturated rings. The average Bonchev–Trinajstić information content (AvgIpc) is 2.98. The second kappa shape index (κ2) is 7.34. The van der Waals surface area contributed by atoms with Crippen LogP contribution in [-0.4, -0.2) is 52.5 Å². The SMILES string of the molecule is COc1cc(NC(=O)CSC2=NCCS2)nc(OC)n1. The maximum absolute atomic E-state index is 11.8. The standard InChI is InChI=1S/C11H14N4O3S2/c1-17-9-5-7(14-10(15-9)18-2)13-8(16)6-20-11-12-3-4-19-11/h5H,3-4,6H2,1-2H3,(H,13,14,15,16). The molecule has 1 aliphatic heterocycles. The van der Waals surface area contributed by atoms with Crippen LogP contribution in [0.5, 0.6) is 11.9 Å². The van der Waals surface area contributed by atoms with Gasteiger partial charge in [-0.2, -0.15) is 9.97 Å². The molecule has 0 unspecified atom stereocenters. The van der Waals surface area contributed by atoms with Crippen LogP contribution in [0.1, 0.15) is 0 Å². The minimum atomic E-state index is -0.159. The van der Waals surface area contributed by atoms with Crippen molar-refractivity contribution >= 4 is 39.6 Å². The minimum Gasteiger partial charge on any atom is -0.481 e. The number of hydrogen-bond donors (Lipinski definition) is 1. The summed E-state index contributed by atoms with van der Waals surface area (Å²) in [5.74, 6) is 1.80. The fraction of sp³-hybridized carbons (Fsp3) is 0.455. The van der Waals surface area contributed by atoms with Crippen LogP contribution in [0, 0.1) is 0 Å². The van der Waals surface area contributed by atoms with E-state index in [-0.39, 0.29) is 11.9 Å². The van der Waals surface area contributed by atoms with Crippen molar-refractivity contribution in [3.05, 3.63) is 6.07 Å². The lowest BCUT2D eigenvalue weighted by Crippen LogP contribution is -2.16. The molecular formula is C11H14N4O3S2. The number of anilines is 1. The van der Waals surface area contributed by atoms with Crippen molar-refractivity contribution in [3.8, 4) is 11.9 Å². The van der Waals surface area contributed by atoms with Gasteiger partial charge in [-0.1, -0.05) is 23.5 Å². The molecule has 0 atom stereocenters. The number of aliphatic imine (C=N–C) groups is 1. The molecule has 1 aliphatic rings. The molecule has 1 aromatic heterocycles. The molecular weight excluding hydrogens is 300 g/mol. The van der Waals surface area contributed by atoms with Gasteiger partial charge in [0.2, 0.25) is 11.8 Å². The van der Waals surface area contributed by atoms with Crippen LogP contribution in [0.25, 0.3) is 0 Å². The predicted octanol–water partition coefficient (Wildman–Crippen LogP) is 1.27. The number of amides is 1. The first-order valence-corrected chi connectivity index (χ1v) is 7.75. The highest BCUT2D eigenvalue weighted by atomic mass is 32.2. The second-order valence-corrected chi connectivity index (χ2v) is 5.92. The Morgan fingerprint density at radius 2 is 2.30 bits per heavy atom. The third-order valence-corrected chi connectivity index (χ3v) is 4.48. The number of aromatic nitrogens is 2. The van der Waals surface area contributed by atoms with Crippen LogP contribution in [0.15, 0.2) is 11.1 Å². The monoisotopic (exact) mass is 314 g/mol. The second-order valence-electron chi connectivity index (χ2n) is 3.62. The van der Waals surface area contributed by atoms with Crippen LogP contribution in [0.2, 0.25) is 0 Å². The molecule has 0 saturated carbocycles. The zero-order chi connectivity index (χ0) is 14.4. The van der Waals surface area contributed by atoms with Gasteiger partial charge in [-0.25, -0.2) is 0 Å². The first kappa shape index (κ1) is 14.9. The van der Waals surface area contributed by atoms with Gasteiger partial charge in [-0.15, -0.1) is 0 Å². The van der Waals surface area contributed by atoms with Crippen molar-refractivity contribution in [1.29, 1.82) is 0 Å². The molecule has 0 bridgehead atoms. The van der Waals surface area contributed by atoms with E-state index in [1.165, 1.54) is 32.0 Å². The third kappa shape index (κ3) is 4.27. The molecule has 9 heteroatoms. The molecule has 0 spiro atoms. The van der Waals surface area contributed by atoms with E-state index in [2.05, 4.69) is 20.3 Å². The topological polar surface area (TPSA) is 85.7 Å². The smallest absolute Gasteiger partial charge is 0.321 e. The van der Waals surface area contributed by atoms with Crippen LogP contribution in [-0.2, 0) is 4.79 Å². The number of nitrogens with zero attached hydrogens (tertiary/aromatic N) is 3. The number of rotatable bonds is 5. The van der Waals surface area contributed by atoms with E-state index in [1.807, 2.05) is 0 Å². The fourth-order valence-electron chi connectivity index (χ4n) is 1.37. The number of carbonyl (C=O) groups excluding carboxylic acids is 1. The summed E-state index contributed by atoms with van der Waals surface area (Å²) in [6.07, 6.45) is 0. The normalized spacial score (nSPS) is 13.8. The molecule has 2 rings (SSSR count). The van der Waals surface area contributed by atoms with Crippen molar-refractivity contribution < 1.29 is 14.3 Å². The number of thioether (sulfide) groups is 2. The van der Waals surface area contributed by atoms with E-state index in [0.717, 1.165) is 16.7 Å². The Kier molecular flexibility index (Phi) is 5.48. The minimum absolute atomic E-state index is 0.142. The average molecular weight is 314 g/mol. The number of hydrogen-bond acceptors (Lipinski definition) is 8. The molecule has 1 aromatic rings. The summed E-state index contributed by atoms with van der Waals surface area (Å²) < 4.78 is 10.9. The first-order valence-electron chi connectivity index (χ1n) is 5.78. The van der Waals surface area contributed by atoms with E-state index in [9.17, 15) is 4.79 Å². The highest BCUT2D eigenvalue weighted by molar-refractivity contribution is 8.39.